The molecular weight excluding hydrogens is 318 g/mol. The summed E-state index contributed by atoms with van der Waals surface area (Å²) in [5.74, 6) is 1.08. The van der Waals surface area contributed by atoms with Gasteiger partial charge in [-0.1, -0.05) is 13.8 Å². The minimum atomic E-state index is -0.357. The maximum Gasteiger partial charge on any atom is 0.293 e. The molecule has 136 valence electrons. The van der Waals surface area contributed by atoms with E-state index in [9.17, 15) is 14.9 Å². The molecule has 0 N–H and O–H groups in total. The number of amides is 1. The first-order valence-electron chi connectivity index (χ1n) is 9.28. The zero-order valence-electron chi connectivity index (χ0n) is 15.1. The zero-order valence-corrected chi connectivity index (χ0v) is 15.1. The van der Waals surface area contributed by atoms with Crippen molar-refractivity contribution in [2.75, 3.05) is 31.1 Å². The lowest BCUT2D eigenvalue weighted by Gasteiger charge is -2.33. The molecule has 0 bridgehead atoms. The van der Waals surface area contributed by atoms with E-state index in [4.69, 9.17) is 0 Å². The summed E-state index contributed by atoms with van der Waals surface area (Å²) in [6.07, 6.45) is 4.20. The maximum atomic E-state index is 12.7. The minimum Gasteiger partial charge on any atom is -0.366 e. The Labute approximate surface area is 148 Å². The van der Waals surface area contributed by atoms with Crippen LogP contribution in [0.2, 0.25) is 0 Å². The first-order chi connectivity index (χ1) is 12.0. The van der Waals surface area contributed by atoms with Crippen molar-refractivity contribution in [3.05, 3.63) is 33.9 Å². The first-order valence-corrected chi connectivity index (χ1v) is 9.28. The Morgan fingerprint density at radius 1 is 1.12 bits per heavy atom. The fourth-order valence-corrected chi connectivity index (χ4v) is 3.87. The highest BCUT2D eigenvalue weighted by Gasteiger charge is 2.27. The van der Waals surface area contributed by atoms with Crippen LogP contribution in [0, 0.1) is 22.0 Å². The molecule has 2 heterocycles. The summed E-state index contributed by atoms with van der Waals surface area (Å²) in [6, 6.07) is 4.98. The van der Waals surface area contributed by atoms with E-state index in [-0.39, 0.29) is 16.5 Å². The summed E-state index contributed by atoms with van der Waals surface area (Å²) >= 11 is 0. The minimum absolute atomic E-state index is 0.0466. The van der Waals surface area contributed by atoms with Crippen molar-refractivity contribution in [1.82, 2.24) is 4.90 Å². The largest absolute Gasteiger partial charge is 0.366 e. The highest BCUT2D eigenvalue weighted by molar-refractivity contribution is 5.95. The quantitative estimate of drug-likeness (QED) is 0.619. The molecular formula is C19H27N3O3. The van der Waals surface area contributed by atoms with Gasteiger partial charge in [-0.2, -0.15) is 0 Å². The maximum absolute atomic E-state index is 12.7. The fraction of sp³-hybridized carbons (Fsp3) is 0.632. The van der Waals surface area contributed by atoms with Crippen molar-refractivity contribution < 1.29 is 9.72 Å². The summed E-state index contributed by atoms with van der Waals surface area (Å²) in [5, 5.41) is 11.6. The second-order valence-electron chi connectivity index (χ2n) is 7.63. The normalized spacial score (nSPS) is 22.1. The Morgan fingerprint density at radius 2 is 1.84 bits per heavy atom. The van der Waals surface area contributed by atoms with Crippen LogP contribution in [0.15, 0.2) is 18.2 Å². The molecule has 2 fully saturated rings. The van der Waals surface area contributed by atoms with E-state index in [0.717, 1.165) is 51.9 Å². The molecule has 1 aromatic carbocycles. The molecule has 0 radical (unpaired) electrons. The molecule has 0 aliphatic carbocycles. The van der Waals surface area contributed by atoms with E-state index in [2.05, 4.69) is 18.7 Å². The van der Waals surface area contributed by atoms with E-state index < -0.39 is 0 Å². The smallest absolute Gasteiger partial charge is 0.293 e. The average molecular weight is 345 g/mol. The molecule has 6 heteroatoms. The number of nitro benzene ring substituents is 1. The van der Waals surface area contributed by atoms with Crippen LogP contribution < -0.4 is 4.90 Å². The van der Waals surface area contributed by atoms with Crippen molar-refractivity contribution in [2.24, 2.45) is 11.8 Å². The highest BCUT2D eigenvalue weighted by Crippen LogP contribution is 2.33. The number of hydrogen-bond acceptors (Lipinski definition) is 4. The Kier molecular flexibility index (Phi) is 5.25. The number of piperidine rings is 2. The van der Waals surface area contributed by atoms with Gasteiger partial charge in [-0.3, -0.25) is 14.9 Å². The number of nitro groups is 1. The van der Waals surface area contributed by atoms with Crippen LogP contribution in [0.4, 0.5) is 11.4 Å². The van der Waals surface area contributed by atoms with Crippen molar-refractivity contribution in [3.8, 4) is 0 Å². The standard InChI is InChI=1S/C19H27N3O3/c1-14-7-10-20(11-8-14)19(23)16-5-6-17(18(12-16)22(24)25)21-9-3-4-15(2)13-21/h5-6,12,14-15H,3-4,7-11,13H2,1-2H3/t15-/m0/s1. The summed E-state index contributed by atoms with van der Waals surface area (Å²) < 4.78 is 0. The molecule has 1 aromatic rings. The van der Waals surface area contributed by atoms with Gasteiger partial charge in [-0.15, -0.1) is 0 Å². The Balaban J connectivity index is 1.83. The summed E-state index contributed by atoms with van der Waals surface area (Å²) in [6.45, 7) is 7.51. The third-order valence-corrected chi connectivity index (χ3v) is 5.49. The predicted molar refractivity (Wildman–Crippen MR) is 98.0 cm³/mol. The topological polar surface area (TPSA) is 66.7 Å². The lowest BCUT2D eigenvalue weighted by atomic mass is 9.98. The lowest BCUT2D eigenvalue weighted by Crippen LogP contribution is -2.38. The molecule has 0 aromatic heterocycles. The monoisotopic (exact) mass is 345 g/mol. The van der Waals surface area contributed by atoms with Gasteiger partial charge in [0.1, 0.15) is 5.69 Å². The number of hydrogen-bond donors (Lipinski definition) is 0. The Hall–Kier alpha value is -2.11. The van der Waals surface area contributed by atoms with Gasteiger partial charge >= 0.3 is 0 Å². The van der Waals surface area contributed by atoms with Crippen LogP contribution in [0.5, 0.6) is 0 Å². The number of anilines is 1. The van der Waals surface area contributed by atoms with Crippen LogP contribution in [0.25, 0.3) is 0 Å². The van der Waals surface area contributed by atoms with Crippen molar-refractivity contribution in [1.29, 1.82) is 0 Å². The van der Waals surface area contributed by atoms with Gasteiger partial charge in [0, 0.05) is 37.8 Å². The molecule has 1 atom stereocenters. The molecule has 1 amide bonds. The van der Waals surface area contributed by atoms with Gasteiger partial charge < -0.3 is 9.80 Å². The van der Waals surface area contributed by atoms with E-state index >= 15 is 0 Å². The number of carbonyl (C=O) groups is 1. The SMILES string of the molecule is CC1CCN(C(=O)c2ccc(N3CCC[C@H](C)C3)c([N+](=O)[O-])c2)CC1. The molecule has 6 nitrogen and oxygen atoms in total. The van der Waals surface area contributed by atoms with Gasteiger partial charge in [-0.25, -0.2) is 0 Å². The molecule has 2 aliphatic heterocycles. The fourth-order valence-electron chi connectivity index (χ4n) is 3.87. The van der Waals surface area contributed by atoms with E-state index in [0.29, 0.717) is 23.1 Å². The molecule has 0 saturated carbocycles. The third-order valence-electron chi connectivity index (χ3n) is 5.49. The predicted octanol–water partition coefficient (Wildman–Crippen LogP) is 3.70. The van der Waals surface area contributed by atoms with Crippen molar-refractivity contribution in [3.63, 3.8) is 0 Å². The van der Waals surface area contributed by atoms with Crippen molar-refractivity contribution in [2.45, 2.75) is 39.5 Å². The average Bonchev–Trinajstić information content (AvgIpc) is 2.61. The van der Waals surface area contributed by atoms with E-state index in [1.54, 1.807) is 12.1 Å². The molecule has 0 spiro atoms. The van der Waals surface area contributed by atoms with Gasteiger partial charge in [-0.05, 0) is 49.7 Å². The Morgan fingerprint density at radius 3 is 2.48 bits per heavy atom. The zero-order chi connectivity index (χ0) is 18.0. The number of benzene rings is 1. The van der Waals surface area contributed by atoms with Crippen LogP contribution in [0.1, 0.15) is 49.9 Å². The summed E-state index contributed by atoms with van der Waals surface area (Å²) in [4.78, 5) is 27.9. The van der Waals surface area contributed by atoms with Gasteiger partial charge in [0.15, 0.2) is 0 Å². The molecule has 2 saturated heterocycles. The van der Waals surface area contributed by atoms with Crippen molar-refractivity contribution >= 4 is 17.3 Å². The molecule has 3 rings (SSSR count). The van der Waals surface area contributed by atoms with Gasteiger partial charge in [0.25, 0.3) is 11.6 Å². The third kappa shape index (κ3) is 3.94. The number of rotatable bonds is 3. The Bertz CT molecular complexity index is 653. The second kappa shape index (κ2) is 7.42. The molecule has 2 aliphatic rings. The van der Waals surface area contributed by atoms with Crippen LogP contribution in [-0.4, -0.2) is 41.9 Å². The van der Waals surface area contributed by atoms with E-state index in [1.165, 1.54) is 6.07 Å². The van der Waals surface area contributed by atoms with Crippen LogP contribution in [-0.2, 0) is 0 Å². The molecule has 25 heavy (non-hydrogen) atoms. The number of nitrogens with zero attached hydrogens (tertiary/aromatic N) is 3. The first kappa shape index (κ1) is 17.7. The number of carbonyl (C=O) groups excluding carboxylic acids is 1. The van der Waals surface area contributed by atoms with Gasteiger partial charge in [0.05, 0.1) is 4.92 Å². The summed E-state index contributed by atoms with van der Waals surface area (Å²) in [5.41, 5.74) is 1.11. The molecule has 0 unspecified atom stereocenters. The van der Waals surface area contributed by atoms with E-state index in [1.807, 2.05) is 4.90 Å². The van der Waals surface area contributed by atoms with Crippen LogP contribution in [0.3, 0.4) is 0 Å². The highest BCUT2D eigenvalue weighted by atomic mass is 16.6. The lowest BCUT2D eigenvalue weighted by molar-refractivity contribution is -0.384. The van der Waals surface area contributed by atoms with Crippen LogP contribution >= 0.6 is 0 Å². The second-order valence-corrected chi connectivity index (χ2v) is 7.63. The number of likely N-dealkylation sites (tertiary alicyclic amines) is 1. The van der Waals surface area contributed by atoms with Gasteiger partial charge in [0.2, 0.25) is 0 Å². The summed E-state index contributed by atoms with van der Waals surface area (Å²) in [7, 11) is 0.